The number of hydrogen-bond acceptors (Lipinski definition) is 2. The Morgan fingerprint density at radius 1 is 1.12 bits per heavy atom. The number of nitrogens with two attached hydrogens (primary N) is 1. The molecule has 2 heteroatoms. The molecule has 1 aliphatic heterocycles. The van der Waals surface area contributed by atoms with Crippen LogP contribution in [0.4, 0.5) is 0 Å². The summed E-state index contributed by atoms with van der Waals surface area (Å²) in [5, 5.41) is 0. The molecule has 2 nitrogen and oxygen atoms in total. The summed E-state index contributed by atoms with van der Waals surface area (Å²) in [5.74, 6) is 1.60. The van der Waals surface area contributed by atoms with Gasteiger partial charge in [0.1, 0.15) is 0 Å². The van der Waals surface area contributed by atoms with Gasteiger partial charge in [-0.2, -0.15) is 0 Å². The molecule has 4 atom stereocenters. The van der Waals surface area contributed by atoms with E-state index in [9.17, 15) is 0 Å². The molecule has 2 N–H and O–H groups in total. The van der Waals surface area contributed by atoms with E-state index in [2.05, 4.69) is 46.4 Å². The highest BCUT2D eigenvalue weighted by atomic mass is 15.3. The Hall–Kier alpha value is -0.0800. The molecule has 2 rings (SSSR count). The number of hydrogen-bond donors (Lipinski definition) is 1. The van der Waals surface area contributed by atoms with Crippen LogP contribution in [-0.2, 0) is 0 Å². The van der Waals surface area contributed by atoms with E-state index in [1.54, 1.807) is 0 Å². The second-order valence-corrected chi connectivity index (χ2v) is 7.76. The zero-order valence-corrected chi connectivity index (χ0v) is 11.7. The minimum Gasteiger partial charge on any atom is -0.330 e. The predicted molar refractivity (Wildman–Crippen MR) is 69.3 cm³/mol. The minimum absolute atomic E-state index is 0.279. The molecular weight excluding hydrogens is 196 g/mol. The fraction of sp³-hybridized carbons (Fsp3) is 1.00. The van der Waals surface area contributed by atoms with Crippen LogP contribution in [0.15, 0.2) is 0 Å². The third-order valence-electron chi connectivity index (χ3n) is 4.35. The molecule has 1 saturated heterocycles. The van der Waals surface area contributed by atoms with Crippen molar-refractivity contribution in [2.75, 3.05) is 6.54 Å². The van der Waals surface area contributed by atoms with Gasteiger partial charge in [-0.05, 0) is 51.0 Å². The Balaban J connectivity index is 2.30. The zero-order valence-electron chi connectivity index (χ0n) is 11.7. The van der Waals surface area contributed by atoms with Gasteiger partial charge in [-0.15, -0.1) is 0 Å². The van der Waals surface area contributed by atoms with E-state index in [0.717, 1.165) is 18.5 Å². The molecule has 0 aromatic heterocycles. The van der Waals surface area contributed by atoms with Crippen LogP contribution in [0.2, 0.25) is 0 Å². The van der Waals surface area contributed by atoms with Crippen LogP contribution in [0.3, 0.4) is 0 Å². The van der Waals surface area contributed by atoms with Crippen LogP contribution in [-0.4, -0.2) is 29.1 Å². The molecule has 0 spiro atoms. The first-order chi connectivity index (χ1) is 7.18. The molecule has 1 saturated carbocycles. The fourth-order valence-corrected chi connectivity index (χ4v) is 3.90. The number of rotatable bonds is 1. The summed E-state index contributed by atoms with van der Waals surface area (Å²) >= 11 is 0. The standard InChI is InChI=1S/C14H28N2/c1-13(2,3)12-10(8-15)9-7-11(9)16(12)14(4,5)6/h9-12H,7-8,15H2,1-6H3/t9-,10-,11-,12?/m1/s1. The van der Waals surface area contributed by atoms with Crippen molar-refractivity contribution in [3.8, 4) is 0 Å². The van der Waals surface area contributed by atoms with Gasteiger partial charge in [0, 0.05) is 17.6 Å². The third-order valence-corrected chi connectivity index (χ3v) is 4.35. The molecule has 1 heterocycles. The number of piperidine rings is 1. The topological polar surface area (TPSA) is 29.3 Å². The summed E-state index contributed by atoms with van der Waals surface area (Å²) in [6, 6.07) is 1.47. The summed E-state index contributed by atoms with van der Waals surface area (Å²) in [7, 11) is 0. The van der Waals surface area contributed by atoms with Gasteiger partial charge in [-0.3, -0.25) is 4.90 Å². The van der Waals surface area contributed by atoms with Gasteiger partial charge in [0.05, 0.1) is 0 Å². The lowest BCUT2D eigenvalue weighted by Crippen LogP contribution is -2.54. The highest BCUT2D eigenvalue weighted by Gasteiger charge is 2.62. The van der Waals surface area contributed by atoms with Gasteiger partial charge in [-0.1, -0.05) is 20.8 Å². The second kappa shape index (κ2) is 3.46. The third kappa shape index (κ3) is 1.80. The van der Waals surface area contributed by atoms with Gasteiger partial charge < -0.3 is 5.73 Å². The van der Waals surface area contributed by atoms with E-state index >= 15 is 0 Å². The summed E-state index contributed by atoms with van der Waals surface area (Å²) in [4.78, 5) is 2.76. The van der Waals surface area contributed by atoms with Crippen molar-refractivity contribution < 1.29 is 0 Å². The average Bonchev–Trinajstić information content (AvgIpc) is 2.75. The molecule has 0 aromatic rings. The molecule has 2 fully saturated rings. The van der Waals surface area contributed by atoms with Crippen molar-refractivity contribution >= 4 is 0 Å². The van der Waals surface area contributed by atoms with Crippen molar-refractivity contribution in [1.29, 1.82) is 0 Å². The maximum Gasteiger partial charge on any atom is 0.0195 e. The average molecular weight is 224 g/mol. The monoisotopic (exact) mass is 224 g/mol. The Morgan fingerprint density at radius 3 is 2.06 bits per heavy atom. The lowest BCUT2D eigenvalue weighted by Gasteiger charge is -2.47. The SMILES string of the molecule is CC(C)(C)C1[C@H](CN)[C@H]2C[C@H]2N1C(C)(C)C. The molecule has 2 aliphatic rings. The van der Waals surface area contributed by atoms with Crippen molar-refractivity contribution in [2.45, 2.75) is 65.6 Å². The highest BCUT2D eigenvalue weighted by molar-refractivity contribution is 5.15. The first-order valence-electron chi connectivity index (χ1n) is 6.66. The minimum atomic E-state index is 0.279. The molecule has 16 heavy (non-hydrogen) atoms. The largest absolute Gasteiger partial charge is 0.330 e. The van der Waals surface area contributed by atoms with Crippen LogP contribution in [0.1, 0.15) is 48.0 Å². The smallest absolute Gasteiger partial charge is 0.0195 e. The lowest BCUT2D eigenvalue weighted by molar-refractivity contribution is 0.0161. The van der Waals surface area contributed by atoms with Crippen LogP contribution < -0.4 is 5.73 Å². The predicted octanol–water partition coefficient (Wildman–Crippen LogP) is 2.48. The molecule has 0 aromatic carbocycles. The Morgan fingerprint density at radius 2 is 1.69 bits per heavy atom. The maximum atomic E-state index is 6.02. The Bertz CT molecular complexity index is 271. The van der Waals surface area contributed by atoms with E-state index in [4.69, 9.17) is 5.73 Å². The van der Waals surface area contributed by atoms with Gasteiger partial charge in [-0.25, -0.2) is 0 Å². The van der Waals surface area contributed by atoms with Crippen LogP contribution >= 0.6 is 0 Å². The normalized spacial score (nSPS) is 39.9. The summed E-state index contributed by atoms with van der Waals surface area (Å²) in [5.41, 5.74) is 6.63. The van der Waals surface area contributed by atoms with Crippen LogP contribution in [0, 0.1) is 17.3 Å². The van der Waals surface area contributed by atoms with Crippen LogP contribution in [0.5, 0.6) is 0 Å². The summed E-state index contributed by atoms with van der Waals surface area (Å²) < 4.78 is 0. The molecule has 0 bridgehead atoms. The van der Waals surface area contributed by atoms with E-state index in [1.165, 1.54) is 6.42 Å². The Labute approximate surface area is 101 Å². The summed E-state index contributed by atoms with van der Waals surface area (Å²) in [6.45, 7) is 15.0. The van der Waals surface area contributed by atoms with E-state index < -0.39 is 0 Å². The van der Waals surface area contributed by atoms with E-state index in [0.29, 0.717) is 17.4 Å². The van der Waals surface area contributed by atoms with Crippen molar-refractivity contribution in [3.63, 3.8) is 0 Å². The van der Waals surface area contributed by atoms with Gasteiger partial charge in [0.2, 0.25) is 0 Å². The fourth-order valence-electron chi connectivity index (χ4n) is 3.90. The quantitative estimate of drug-likeness (QED) is 0.741. The number of nitrogens with zero attached hydrogens (tertiary/aromatic N) is 1. The van der Waals surface area contributed by atoms with Crippen LogP contribution in [0.25, 0.3) is 0 Å². The first-order valence-corrected chi connectivity index (χ1v) is 6.66. The second-order valence-electron chi connectivity index (χ2n) is 7.76. The Kier molecular flexibility index (Phi) is 2.67. The lowest BCUT2D eigenvalue weighted by atomic mass is 9.76. The molecule has 0 radical (unpaired) electrons. The molecule has 0 amide bonds. The van der Waals surface area contributed by atoms with Crippen molar-refractivity contribution in [1.82, 2.24) is 4.90 Å². The number of likely N-dealkylation sites (tertiary alicyclic amines) is 1. The molecule has 94 valence electrons. The van der Waals surface area contributed by atoms with E-state index in [1.807, 2.05) is 0 Å². The zero-order chi connectivity index (χ0) is 12.3. The first kappa shape index (κ1) is 12.4. The number of fused-ring (bicyclic) bond motifs is 1. The maximum absolute atomic E-state index is 6.02. The van der Waals surface area contributed by atoms with Gasteiger partial charge in [0.25, 0.3) is 0 Å². The van der Waals surface area contributed by atoms with Crippen molar-refractivity contribution in [3.05, 3.63) is 0 Å². The molecule has 1 aliphatic carbocycles. The molecule has 1 unspecified atom stereocenters. The highest BCUT2D eigenvalue weighted by Crippen LogP contribution is 2.57. The summed E-state index contributed by atoms with van der Waals surface area (Å²) in [6.07, 6.45) is 1.38. The van der Waals surface area contributed by atoms with E-state index in [-0.39, 0.29) is 5.54 Å². The molecular formula is C14H28N2. The van der Waals surface area contributed by atoms with Gasteiger partial charge in [0.15, 0.2) is 0 Å². The van der Waals surface area contributed by atoms with Crippen molar-refractivity contribution in [2.24, 2.45) is 23.0 Å². The van der Waals surface area contributed by atoms with Gasteiger partial charge >= 0.3 is 0 Å².